The van der Waals surface area contributed by atoms with Crippen LogP contribution in [0.1, 0.15) is 39.5 Å². The molecule has 0 spiro atoms. The van der Waals surface area contributed by atoms with E-state index >= 15 is 0 Å². The van der Waals surface area contributed by atoms with Crippen LogP contribution in [-0.4, -0.2) is 36.2 Å². The molecule has 1 saturated heterocycles. The maximum Gasteiger partial charge on any atom is 0.303 e. The number of rotatable bonds is 7. The second-order valence-corrected chi connectivity index (χ2v) is 5.34. The fraction of sp³-hybridized carbons (Fsp3) is 0.846. The van der Waals surface area contributed by atoms with Crippen molar-refractivity contribution in [1.82, 2.24) is 5.32 Å². The highest BCUT2D eigenvalue weighted by Gasteiger charge is 2.24. The van der Waals surface area contributed by atoms with E-state index in [2.05, 4.69) is 19.2 Å². The molecule has 1 rings (SSSR count). The molecule has 1 aliphatic rings. The number of ether oxygens (including phenoxy) is 1. The van der Waals surface area contributed by atoms with Crippen molar-refractivity contribution in [2.24, 2.45) is 11.8 Å². The van der Waals surface area contributed by atoms with Crippen molar-refractivity contribution < 1.29 is 19.4 Å². The third-order valence-corrected chi connectivity index (χ3v) is 3.06. The Labute approximate surface area is 108 Å². The first-order valence-corrected chi connectivity index (χ1v) is 6.60. The summed E-state index contributed by atoms with van der Waals surface area (Å²) in [5.74, 6) is -0.500. The summed E-state index contributed by atoms with van der Waals surface area (Å²) in [7, 11) is 0. The predicted molar refractivity (Wildman–Crippen MR) is 67.2 cm³/mol. The van der Waals surface area contributed by atoms with Gasteiger partial charge in [-0.05, 0) is 31.1 Å². The largest absolute Gasteiger partial charge is 0.481 e. The molecular formula is C13H23NO4. The van der Waals surface area contributed by atoms with E-state index in [0.29, 0.717) is 19.1 Å². The number of amides is 1. The number of carbonyl (C=O) groups excluding carboxylic acids is 1. The van der Waals surface area contributed by atoms with Gasteiger partial charge in [-0.2, -0.15) is 0 Å². The van der Waals surface area contributed by atoms with Crippen molar-refractivity contribution >= 4 is 11.9 Å². The zero-order chi connectivity index (χ0) is 13.5. The zero-order valence-corrected chi connectivity index (χ0v) is 11.1. The molecule has 0 bridgehead atoms. The molecule has 0 aromatic carbocycles. The van der Waals surface area contributed by atoms with Gasteiger partial charge < -0.3 is 15.2 Å². The fourth-order valence-corrected chi connectivity index (χ4v) is 2.30. The minimum atomic E-state index is -0.813. The van der Waals surface area contributed by atoms with Crippen LogP contribution in [0.15, 0.2) is 0 Å². The van der Waals surface area contributed by atoms with Gasteiger partial charge >= 0.3 is 5.97 Å². The number of nitrogens with one attached hydrogen (secondary N) is 1. The third kappa shape index (κ3) is 5.49. The van der Waals surface area contributed by atoms with Crippen molar-refractivity contribution in [3.63, 3.8) is 0 Å². The van der Waals surface area contributed by atoms with Crippen LogP contribution in [0, 0.1) is 11.8 Å². The molecular weight excluding hydrogens is 234 g/mol. The lowest BCUT2D eigenvalue weighted by Crippen LogP contribution is -2.37. The lowest BCUT2D eigenvalue weighted by molar-refractivity contribution is -0.138. The van der Waals surface area contributed by atoms with Crippen LogP contribution in [0.25, 0.3) is 0 Å². The number of carboxylic acid groups (broad SMARTS) is 1. The van der Waals surface area contributed by atoms with Crippen LogP contribution in [0.2, 0.25) is 0 Å². The number of carboxylic acids is 1. The summed E-state index contributed by atoms with van der Waals surface area (Å²) >= 11 is 0. The molecule has 0 aliphatic carbocycles. The Kier molecular flexibility index (Phi) is 6.12. The van der Waals surface area contributed by atoms with Gasteiger partial charge in [0.05, 0.1) is 0 Å². The second kappa shape index (κ2) is 7.36. The SMILES string of the molecule is CC(C)CC(CNC(=O)[C@H]1CCCO1)CC(=O)O. The molecule has 0 aromatic heterocycles. The smallest absolute Gasteiger partial charge is 0.303 e. The lowest BCUT2D eigenvalue weighted by Gasteiger charge is -2.19. The Morgan fingerprint density at radius 3 is 2.67 bits per heavy atom. The fourth-order valence-electron chi connectivity index (χ4n) is 2.30. The molecule has 2 atom stereocenters. The maximum absolute atomic E-state index is 11.7. The van der Waals surface area contributed by atoms with Gasteiger partial charge in [0.15, 0.2) is 0 Å². The summed E-state index contributed by atoms with van der Waals surface area (Å²) in [5, 5.41) is 11.6. The quantitative estimate of drug-likeness (QED) is 0.723. The molecule has 1 fully saturated rings. The first-order chi connectivity index (χ1) is 8.49. The van der Waals surface area contributed by atoms with Gasteiger partial charge in [0.25, 0.3) is 0 Å². The van der Waals surface area contributed by atoms with Crippen molar-refractivity contribution in [2.45, 2.75) is 45.6 Å². The van der Waals surface area contributed by atoms with E-state index < -0.39 is 5.97 Å². The monoisotopic (exact) mass is 257 g/mol. The van der Waals surface area contributed by atoms with E-state index in [0.717, 1.165) is 19.3 Å². The average molecular weight is 257 g/mol. The molecule has 1 amide bonds. The summed E-state index contributed by atoms with van der Waals surface area (Å²) in [6.45, 7) is 5.17. The van der Waals surface area contributed by atoms with Crippen LogP contribution >= 0.6 is 0 Å². The molecule has 0 saturated carbocycles. The number of hydrogen-bond acceptors (Lipinski definition) is 3. The first kappa shape index (κ1) is 15.0. The summed E-state index contributed by atoms with van der Waals surface area (Å²) in [6.07, 6.45) is 2.25. The molecule has 5 nitrogen and oxygen atoms in total. The van der Waals surface area contributed by atoms with Gasteiger partial charge in [0.1, 0.15) is 6.10 Å². The van der Waals surface area contributed by atoms with Crippen LogP contribution < -0.4 is 5.32 Å². The molecule has 0 aromatic rings. The summed E-state index contributed by atoms with van der Waals surface area (Å²) in [6, 6.07) is 0. The zero-order valence-electron chi connectivity index (χ0n) is 11.1. The van der Waals surface area contributed by atoms with Crippen molar-refractivity contribution in [2.75, 3.05) is 13.2 Å². The maximum atomic E-state index is 11.7. The number of carbonyl (C=O) groups is 2. The van der Waals surface area contributed by atoms with Crippen molar-refractivity contribution in [1.29, 1.82) is 0 Å². The van der Waals surface area contributed by atoms with Crippen LogP contribution in [0.4, 0.5) is 0 Å². The average Bonchev–Trinajstić information content (AvgIpc) is 2.77. The summed E-state index contributed by atoms with van der Waals surface area (Å²) < 4.78 is 5.28. The second-order valence-electron chi connectivity index (χ2n) is 5.34. The van der Waals surface area contributed by atoms with Crippen molar-refractivity contribution in [3.8, 4) is 0 Å². The number of aliphatic carboxylic acids is 1. The minimum absolute atomic E-state index is 0.00662. The Morgan fingerprint density at radius 2 is 2.17 bits per heavy atom. The van der Waals surface area contributed by atoms with E-state index in [9.17, 15) is 9.59 Å². The Balaban J connectivity index is 2.35. The van der Waals surface area contributed by atoms with Gasteiger partial charge in [-0.15, -0.1) is 0 Å². The summed E-state index contributed by atoms with van der Waals surface area (Å²) in [4.78, 5) is 22.5. The van der Waals surface area contributed by atoms with E-state index in [-0.39, 0.29) is 24.3 Å². The Morgan fingerprint density at radius 1 is 1.44 bits per heavy atom. The molecule has 5 heteroatoms. The minimum Gasteiger partial charge on any atom is -0.481 e. The molecule has 2 N–H and O–H groups in total. The molecule has 0 radical (unpaired) electrons. The molecule has 1 heterocycles. The van der Waals surface area contributed by atoms with E-state index in [1.807, 2.05) is 0 Å². The van der Waals surface area contributed by atoms with Crippen LogP contribution in [0.3, 0.4) is 0 Å². The molecule has 104 valence electrons. The van der Waals surface area contributed by atoms with Crippen LogP contribution in [0.5, 0.6) is 0 Å². The molecule has 1 unspecified atom stereocenters. The Bertz CT molecular complexity index is 285. The van der Waals surface area contributed by atoms with E-state index in [1.165, 1.54) is 0 Å². The standard InChI is InChI=1S/C13H23NO4/c1-9(2)6-10(7-12(15)16)8-14-13(17)11-4-3-5-18-11/h9-11H,3-8H2,1-2H3,(H,14,17)(H,15,16)/t10?,11-/m1/s1. The number of hydrogen-bond donors (Lipinski definition) is 2. The highest BCUT2D eigenvalue weighted by molar-refractivity contribution is 5.81. The van der Waals surface area contributed by atoms with Crippen molar-refractivity contribution in [3.05, 3.63) is 0 Å². The molecule has 18 heavy (non-hydrogen) atoms. The van der Waals surface area contributed by atoms with Gasteiger partial charge in [-0.3, -0.25) is 9.59 Å². The van der Waals surface area contributed by atoms with Gasteiger partial charge in [-0.25, -0.2) is 0 Å². The first-order valence-electron chi connectivity index (χ1n) is 6.60. The highest BCUT2D eigenvalue weighted by atomic mass is 16.5. The van der Waals surface area contributed by atoms with Gasteiger partial charge in [0, 0.05) is 19.6 Å². The van der Waals surface area contributed by atoms with E-state index in [1.54, 1.807) is 0 Å². The lowest BCUT2D eigenvalue weighted by atomic mass is 9.94. The normalized spacial score (nSPS) is 20.9. The Hall–Kier alpha value is -1.10. The van der Waals surface area contributed by atoms with Gasteiger partial charge in [-0.1, -0.05) is 13.8 Å². The summed E-state index contributed by atoms with van der Waals surface area (Å²) in [5.41, 5.74) is 0. The highest BCUT2D eigenvalue weighted by Crippen LogP contribution is 2.16. The molecule has 1 aliphatic heterocycles. The third-order valence-electron chi connectivity index (χ3n) is 3.06. The van der Waals surface area contributed by atoms with Crippen LogP contribution in [-0.2, 0) is 14.3 Å². The van der Waals surface area contributed by atoms with E-state index in [4.69, 9.17) is 9.84 Å². The topological polar surface area (TPSA) is 75.6 Å². The predicted octanol–water partition coefficient (Wildman–Crippen LogP) is 1.42. The van der Waals surface area contributed by atoms with Gasteiger partial charge in [0.2, 0.25) is 5.91 Å².